The minimum Gasteiger partial charge on any atom is -0.497 e. The van der Waals surface area contributed by atoms with Crippen LogP contribution in [0.25, 0.3) is 22.5 Å². The number of anilines is 1. The summed E-state index contributed by atoms with van der Waals surface area (Å²) in [6.07, 6.45) is 0.122. The van der Waals surface area contributed by atoms with Crippen LogP contribution in [0.2, 0.25) is 0 Å². The van der Waals surface area contributed by atoms with E-state index in [4.69, 9.17) is 9.26 Å². The molecule has 1 heterocycles. The number of amides is 1. The predicted octanol–water partition coefficient (Wildman–Crippen LogP) is 5.20. The first-order valence-corrected chi connectivity index (χ1v) is 9.27. The Morgan fingerprint density at radius 2 is 1.69 bits per heavy atom. The third kappa shape index (κ3) is 4.35. The number of benzene rings is 3. The molecule has 0 spiro atoms. The van der Waals surface area contributed by atoms with Crippen molar-refractivity contribution in [2.24, 2.45) is 0 Å². The van der Waals surface area contributed by atoms with Crippen LogP contribution in [0.15, 0.2) is 89.5 Å². The van der Waals surface area contributed by atoms with Crippen molar-refractivity contribution < 1.29 is 14.1 Å². The maximum absolute atomic E-state index is 12.6. The van der Waals surface area contributed by atoms with Gasteiger partial charge in [0.1, 0.15) is 5.75 Å². The summed E-state index contributed by atoms with van der Waals surface area (Å²) in [4.78, 5) is 12.6. The van der Waals surface area contributed by atoms with Crippen molar-refractivity contribution in [3.8, 4) is 28.2 Å². The Kier molecular flexibility index (Phi) is 5.38. The Balaban J connectivity index is 1.48. The van der Waals surface area contributed by atoms with Gasteiger partial charge in [-0.2, -0.15) is 0 Å². The largest absolute Gasteiger partial charge is 0.497 e. The van der Waals surface area contributed by atoms with Gasteiger partial charge in [-0.3, -0.25) is 4.79 Å². The predicted molar refractivity (Wildman–Crippen MR) is 113 cm³/mol. The summed E-state index contributed by atoms with van der Waals surface area (Å²) >= 11 is 0. The zero-order valence-corrected chi connectivity index (χ0v) is 16.0. The molecule has 0 aliphatic carbocycles. The van der Waals surface area contributed by atoms with Crippen molar-refractivity contribution in [1.29, 1.82) is 0 Å². The molecule has 1 N–H and O–H groups in total. The average Bonchev–Trinajstić information content (AvgIpc) is 3.23. The number of nitrogens with one attached hydrogen (secondary N) is 1. The summed E-state index contributed by atoms with van der Waals surface area (Å²) in [5, 5.41) is 7.02. The summed E-state index contributed by atoms with van der Waals surface area (Å²) in [6, 6.07) is 27.0. The SMILES string of the molecule is COc1cccc(-c2cc(CC(=O)Nc3ccccc3-c3ccccc3)no2)c1. The molecule has 1 amide bonds. The fourth-order valence-electron chi connectivity index (χ4n) is 3.13. The van der Waals surface area contributed by atoms with Gasteiger partial charge >= 0.3 is 0 Å². The van der Waals surface area contributed by atoms with Crippen LogP contribution in [-0.2, 0) is 11.2 Å². The summed E-state index contributed by atoms with van der Waals surface area (Å²) in [6.45, 7) is 0. The average molecular weight is 384 g/mol. The lowest BCUT2D eigenvalue weighted by molar-refractivity contribution is -0.115. The first-order chi connectivity index (χ1) is 14.2. The minimum atomic E-state index is -0.154. The smallest absolute Gasteiger partial charge is 0.230 e. The van der Waals surface area contributed by atoms with Crippen molar-refractivity contribution in [2.45, 2.75) is 6.42 Å². The van der Waals surface area contributed by atoms with Crippen molar-refractivity contribution in [3.05, 3.63) is 90.6 Å². The zero-order valence-electron chi connectivity index (χ0n) is 16.0. The molecule has 0 saturated heterocycles. The maximum atomic E-state index is 12.6. The highest BCUT2D eigenvalue weighted by molar-refractivity contribution is 5.96. The van der Waals surface area contributed by atoms with Crippen molar-refractivity contribution in [1.82, 2.24) is 5.16 Å². The Morgan fingerprint density at radius 1 is 0.931 bits per heavy atom. The van der Waals surface area contributed by atoms with Crippen molar-refractivity contribution in [3.63, 3.8) is 0 Å². The molecule has 0 radical (unpaired) electrons. The molecule has 29 heavy (non-hydrogen) atoms. The number of ether oxygens (including phenoxy) is 1. The molecule has 0 unspecified atom stereocenters. The van der Waals surface area contributed by atoms with E-state index < -0.39 is 0 Å². The molecule has 0 bridgehead atoms. The van der Waals surface area contributed by atoms with E-state index in [9.17, 15) is 4.79 Å². The van der Waals surface area contributed by atoms with Gasteiger partial charge in [0.05, 0.1) is 19.2 Å². The lowest BCUT2D eigenvalue weighted by Crippen LogP contribution is -2.15. The monoisotopic (exact) mass is 384 g/mol. The second kappa shape index (κ2) is 8.44. The fourth-order valence-corrected chi connectivity index (χ4v) is 3.13. The number of para-hydroxylation sites is 1. The maximum Gasteiger partial charge on any atom is 0.230 e. The molecule has 5 nitrogen and oxygen atoms in total. The molecule has 3 aromatic carbocycles. The summed E-state index contributed by atoms with van der Waals surface area (Å²) in [7, 11) is 1.61. The minimum absolute atomic E-state index is 0.122. The summed E-state index contributed by atoms with van der Waals surface area (Å²) in [5.41, 5.74) is 4.19. The second-order valence-corrected chi connectivity index (χ2v) is 6.55. The van der Waals surface area contributed by atoms with Crippen molar-refractivity contribution in [2.75, 3.05) is 12.4 Å². The van der Waals surface area contributed by atoms with Gasteiger partial charge in [-0.05, 0) is 23.8 Å². The number of carbonyl (C=O) groups excluding carboxylic acids is 1. The lowest BCUT2D eigenvalue weighted by Gasteiger charge is -2.10. The van der Waals surface area contributed by atoms with Gasteiger partial charge in [0, 0.05) is 22.9 Å². The van der Waals surface area contributed by atoms with Crippen molar-refractivity contribution >= 4 is 11.6 Å². The second-order valence-electron chi connectivity index (χ2n) is 6.55. The van der Waals surface area contributed by atoms with Crippen LogP contribution < -0.4 is 10.1 Å². The number of methoxy groups -OCH3 is 1. The Labute approximate surface area is 168 Å². The number of aromatic nitrogens is 1. The van der Waals surface area contributed by atoms with E-state index in [2.05, 4.69) is 10.5 Å². The van der Waals surface area contributed by atoms with E-state index in [1.807, 2.05) is 78.9 Å². The molecule has 0 saturated carbocycles. The van der Waals surface area contributed by atoms with Crippen LogP contribution in [0.4, 0.5) is 5.69 Å². The first kappa shape index (κ1) is 18.5. The van der Waals surface area contributed by atoms with Gasteiger partial charge in [0.15, 0.2) is 5.76 Å². The van der Waals surface area contributed by atoms with E-state index >= 15 is 0 Å². The quantitative estimate of drug-likeness (QED) is 0.496. The van der Waals surface area contributed by atoms with Gasteiger partial charge in [-0.15, -0.1) is 0 Å². The Morgan fingerprint density at radius 3 is 2.52 bits per heavy atom. The molecular weight excluding hydrogens is 364 g/mol. The molecule has 1 aromatic heterocycles. The van der Waals surface area contributed by atoms with Gasteiger partial charge in [0.2, 0.25) is 5.91 Å². The molecule has 4 aromatic rings. The number of carbonyl (C=O) groups is 1. The number of rotatable bonds is 6. The van der Waals surface area contributed by atoms with Crippen LogP contribution in [-0.4, -0.2) is 18.2 Å². The van der Waals surface area contributed by atoms with Gasteiger partial charge in [-0.1, -0.05) is 65.8 Å². The molecule has 0 aliphatic rings. The van der Waals surface area contributed by atoms with Crippen LogP contribution >= 0.6 is 0 Å². The summed E-state index contributed by atoms with van der Waals surface area (Å²) < 4.78 is 10.6. The standard InChI is InChI=1S/C24H20N2O3/c1-28-20-11-7-10-18(14-20)23-15-19(26-29-23)16-24(27)25-22-13-6-5-12-21(22)17-8-3-2-4-9-17/h2-15H,16H2,1H3,(H,25,27). The van der Waals surface area contributed by atoms with Gasteiger partial charge < -0.3 is 14.6 Å². The molecule has 0 aliphatic heterocycles. The number of hydrogen-bond donors (Lipinski definition) is 1. The molecule has 0 atom stereocenters. The topological polar surface area (TPSA) is 64.4 Å². The van der Waals surface area contributed by atoms with Crippen LogP contribution in [0.1, 0.15) is 5.69 Å². The van der Waals surface area contributed by atoms with E-state index in [1.54, 1.807) is 13.2 Å². The van der Waals surface area contributed by atoms with Crippen LogP contribution in [0, 0.1) is 0 Å². The molecule has 144 valence electrons. The van der Waals surface area contributed by atoms with E-state index in [0.29, 0.717) is 11.5 Å². The summed E-state index contributed by atoms with van der Waals surface area (Å²) in [5.74, 6) is 1.17. The third-order valence-electron chi connectivity index (χ3n) is 4.54. The van der Waals surface area contributed by atoms with E-state index in [-0.39, 0.29) is 12.3 Å². The Bertz CT molecular complexity index is 1120. The first-order valence-electron chi connectivity index (χ1n) is 9.27. The molecule has 0 fully saturated rings. The normalized spacial score (nSPS) is 10.5. The fraction of sp³-hybridized carbons (Fsp3) is 0.0833. The lowest BCUT2D eigenvalue weighted by atomic mass is 10.0. The molecule has 4 rings (SSSR count). The number of nitrogens with zero attached hydrogens (tertiary/aromatic N) is 1. The zero-order chi connectivity index (χ0) is 20.1. The molecular formula is C24H20N2O3. The van der Waals surface area contributed by atoms with E-state index in [1.165, 1.54) is 0 Å². The Hall–Kier alpha value is -3.86. The van der Waals surface area contributed by atoms with Crippen LogP contribution in [0.3, 0.4) is 0 Å². The highest BCUT2D eigenvalue weighted by atomic mass is 16.5. The highest BCUT2D eigenvalue weighted by Gasteiger charge is 2.13. The van der Waals surface area contributed by atoms with Crippen LogP contribution in [0.5, 0.6) is 5.75 Å². The number of hydrogen-bond acceptors (Lipinski definition) is 4. The highest BCUT2D eigenvalue weighted by Crippen LogP contribution is 2.28. The molecule has 5 heteroatoms. The van der Waals surface area contributed by atoms with Gasteiger partial charge in [0.25, 0.3) is 0 Å². The van der Waals surface area contributed by atoms with E-state index in [0.717, 1.165) is 28.1 Å². The van der Waals surface area contributed by atoms with Gasteiger partial charge in [-0.25, -0.2) is 0 Å². The third-order valence-corrected chi connectivity index (χ3v) is 4.54.